The van der Waals surface area contributed by atoms with Crippen LogP contribution in [0.4, 0.5) is 13.2 Å². The van der Waals surface area contributed by atoms with Gasteiger partial charge in [-0.1, -0.05) is 18.2 Å². The number of hydrogen-bond donors (Lipinski definition) is 1. The first-order chi connectivity index (χ1) is 7.97. The van der Waals surface area contributed by atoms with Gasteiger partial charge in [0.2, 0.25) is 0 Å². The second kappa shape index (κ2) is 4.56. The van der Waals surface area contributed by atoms with Gasteiger partial charge in [0.25, 0.3) is 0 Å². The lowest BCUT2D eigenvalue weighted by atomic mass is 10.1. The molecule has 2 rings (SSSR count). The maximum Gasteiger partial charge on any atom is 0.398 e. The van der Waals surface area contributed by atoms with Crippen LogP contribution in [-0.4, -0.2) is 35.4 Å². The molecule has 5 heteroatoms. The Labute approximate surface area is 97.7 Å². The molecule has 2 atom stereocenters. The second-order valence-corrected chi connectivity index (χ2v) is 4.29. The lowest BCUT2D eigenvalue weighted by molar-refractivity contribution is -0.149. The van der Waals surface area contributed by atoms with Gasteiger partial charge in [0.1, 0.15) is 0 Å². The van der Waals surface area contributed by atoms with E-state index >= 15 is 0 Å². The van der Waals surface area contributed by atoms with Crippen LogP contribution in [0.5, 0.6) is 0 Å². The predicted molar refractivity (Wildman–Crippen MR) is 58.1 cm³/mol. The predicted octanol–water partition coefficient (Wildman–Crippen LogP) is 2.24. The van der Waals surface area contributed by atoms with Crippen molar-refractivity contribution in [1.29, 1.82) is 0 Å². The quantitative estimate of drug-likeness (QED) is 0.765. The van der Waals surface area contributed by atoms with Crippen molar-refractivity contribution in [3.63, 3.8) is 0 Å². The number of rotatable bonds is 1. The summed E-state index contributed by atoms with van der Waals surface area (Å²) in [7, 11) is 0. The third-order valence-corrected chi connectivity index (χ3v) is 2.95. The molecular weight excluding hydrogens is 231 g/mol. The first-order valence-electron chi connectivity index (χ1n) is 5.53. The third-order valence-electron chi connectivity index (χ3n) is 2.95. The Hall–Kier alpha value is -1.23. The zero-order valence-corrected chi connectivity index (χ0v) is 9.19. The summed E-state index contributed by atoms with van der Waals surface area (Å²) in [6, 6.07) is 0. The normalized spacial score (nSPS) is 29.4. The third kappa shape index (κ3) is 2.91. The molecule has 1 saturated heterocycles. The number of hydrogen-bond acceptors (Lipinski definition) is 2. The van der Waals surface area contributed by atoms with Crippen LogP contribution in [-0.2, 0) is 0 Å². The maximum absolute atomic E-state index is 12.7. The van der Waals surface area contributed by atoms with Crippen molar-refractivity contribution < 1.29 is 18.3 Å². The molecule has 1 aliphatic carbocycles. The highest BCUT2D eigenvalue weighted by molar-refractivity contribution is 5.29. The van der Waals surface area contributed by atoms with Crippen molar-refractivity contribution in [2.75, 3.05) is 13.1 Å². The average Bonchev–Trinajstić information content (AvgIpc) is 2.53. The number of aliphatic hydroxyl groups excluding tert-OH is 1. The van der Waals surface area contributed by atoms with Gasteiger partial charge in [-0.05, 0) is 18.6 Å². The van der Waals surface area contributed by atoms with E-state index in [1.807, 2.05) is 0 Å². The van der Waals surface area contributed by atoms with Crippen LogP contribution in [0.3, 0.4) is 0 Å². The van der Waals surface area contributed by atoms with E-state index < -0.39 is 18.2 Å². The van der Waals surface area contributed by atoms with E-state index in [1.54, 1.807) is 17.1 Å². The first kappa shape index (κ1) is 12.2. The molecule has 2 aliphatic rings. The summed E-state index contributed by atoms with van der Waals surface area (Å²) in [6.45, 7) is 1.00. The Morgan fingerprint density at radius 2 is 2.06 bits per heavy atom. The van der Waals surface area contributed by atoms with Crippen LogP contribution in [0.15, 0.2) is 36.1 Å². The fraction of sp³-hybridized carbons (Fsp3) is 0.500. The molecule has 1 heterocycles. The highest BCUT2D eigenvalue weighted by Crippen LogP contribution is 2.31. The van der Waals surface area contributed by atoms with Crippen molar-refractivity contribution in [3.8, 4) is 0 Å². The van der Waals surface area contributed by atoms with Crippen molar-refractivity contribution in [3.05, 3.63) is 36.1 Å². The summed E-state index contributed by atoms with van der Waals surface area (Å²) in [5, 5.41) is 9.40. The van der Waals surface area contributed by atoms with Gasteiger partial charge in [0.15, 0.2) is 0 Å². The largest absolute Gasteiger partial charge is 0.398 e. The summed E-state index contributed by atoms with van der Waals surface area (Å²) in [4.78, 5) is 1.78. The zero-order chi connectivity index (χ0) is 12.5. The Morgan fingerprint density at radius 1 is 1.29 bits per heavy atom. The summed E-state index contributed by atoms with van der Waals surface area (Å²) in [6.07, 6.45) is 2.91. The minimum Gasteiger partial charge on any atom is -0.391 e. The Bertz CT molecular complexity index is 370. The number of halogens is 3. The van der Waals surface area contributed by atoms with Gasteiger partial charge >= 0.3 is 6.18 Å². The van der Waals surface area contributed by atoms with Crippen molar-refractivity contribution >= 4 is 0 Å². The van der Waals surface area contributed by atoms with Crippen molar-refractivity contribution in [1.82, 2.24) is 4.90 Å². The van der Waals surface area contributed by atoms with Crippen LogP contribution in [0.25, 0.3) is 0 Å². The smallest absolute Gasteiger partial charge is 0.391 e. The van der Waals surface area contributed by atoms with Crippen molar-refractivity contribution in [2.45, 2.75) is 18.7 Å². The molecule has 0 saturated carbocycles. The number of nitrogens with zero attached hydrogens (tertiary/aromatic N) is 1. The number of allylic oxidation sites excluding steroid dienone is 5. The lowest BCUT2D eigenvalue weighted by Gasteiger charge is -2.21. The summed E-state index contributed by atoms with van der Waals surface area (Å²) in [5.74, 6) is -1.55. The Kier molecular flexibility index (Phi) is 3.28. The van der Waals surface area contributed by atoms with Gasteiger partial charge < -0.3 is 10.0 Å². The van der Waals surface area contributed by atoms with Gasteiger partial charge in [-0.15, -0.1) is 0 Å². The molecule has 0 amide bonds. The topological polar surface area (TPSA) is 23.5 Å². The standard InChI is InChI=1S/C12H14F3NO/c13-12(14,15)9-3-1-2-4-10(7-9)16-6-5-11(17)8-16/h1-4,7,9,11,17H,5-6,8H2. The highest BCUT2D eigenvalue weighted by atomic mass is 19.4. The molecule has 17 heavy (non-hydrogen) atoms. The van der Waals surface area contributed by atoms with E-state index in [1.165, 1.54) is 12.2 Å². The number of aliphatic hydroxyl groups is 1. The van der Waals surface area contributed by atoms with Gasteiger partial charge in [-0.3, -0.25) is 0 Å². The van der Waals surface area contributed by atoms with E-state index in [9.17, 15) is 18.3 Å². The Morgan fingerprint density at radius 3 is 2.65 bits per heavy atom. The molecule has 0 aromatic rings. The number of likely N-dealkylation sites (tertiary alicyclic amines) is 1. The van der Waals surface area contributed by atoms with Gasteiger partial charge in [0, 0.05) is 18.8 Å². The minimum absolute atomic E-state index is 0.404. The highest BCUT2D eigenvalue weighted by Gasteiger charge is 2.37. The molecule has 94 valence electrons. The summed E-state index contributed by atoms with van der Waals surface area (Å²) < 4.78 is 38.0. The van der Waals surface area contributed by atoms with Crippen LogP contribution < -0.4 is 0 Å². The van der Waals surface area contributed by atoms with Crippen LogP contribution in [0, 0.1) is 5.92 Å². The molecule has 1 fully saturated rings. The van der Waals surface area contributed by atoms with Crippen molar-refractivity contribution in [2.24, 2.45) is 5.92 Å². The molecule has 1 aliphatic heterocycles. The summed E-state index contributed by atoms with van der Waals surface area (Å²) >= 11 is 0. The molecule has 0 radical (unpaired) electrons. The van der Waals surface area contributed by atoms with E-state index in [2.05, 4.69) is 0 Å². The van der Waals surface area contributed by atoms with E-state index in [4.69, 9.17) is 0 Å². The molecule has 0 aromatic heterocycles. The number of β-amino-alcohol motifs (C(OH)–C–C–N with tert-alkyl or cyclic N) is 1. The van der Waals surface area contributed by atoms with E-state index in [0.29, 0.717) is 25.2 Å². The fourth-order valence-electron chi connectivity index (χ4n) is 2.02. The molecule has 2 unspecified atom stereocenters. The van der Waals surface area contributed by atoms with E-state index in [0.717, 1.165) is 6.08 Å². The van der Waals surface area contributed by atoms with Crippen LogP contribution in [0.1, 0.15) is 6.42 Å². The monoisotopic (exact) mass is 245 g/mol. The van der Waals surface area contributed by atoms with Crippen LogP contribution in [0.2, 0.25) is 0 Å². The maximum atomic E-state index is 12.7. The van der Waals surface area contributed by atoms with E-state index in [-0.39, 0.29) is 0 Å². The molecular formula is C12H14F3NO. The fourth-order valence-corrected chi connectivity index (χ4v) is 2.02. The van der Waals surface area contributed by atoms with Gasteiger partial charge in [-0.2, -0.15) is 13.2 Å². The molecule has 1 N–H and O–H groups in total. The molecule has 0 aromatic carbocycles. The molecule has 2 nitrogen and oxygen atoms in total. The summed E-state index contributed by atoms with van der Waals surface area (Å²) in [5.41, 5.74) is 0.536. The van der Waals surface area contributed by atoms with Crippen LogP contribution >= 0.6 is 0 Å². The average molecular weight is 245 g/mol. The zero-order valence-electron chi connectivity index (χ0n) is 9.19. The number of alkyl halides is 3. The molecule has 0 spiro atoms. The SMILES string of the molecule is OC1CCN(C2=CC(C(F)(F)F)C=CC=C2)C1. The minimum atomic E-state index is -4.26. The van der Waals surface area contributed by atoms with Gasteiger partial charge in [0.05, 0.1) is 12.0 Å². The lowest BCUT2D eigenvalue weighted by Crippen LogP contribution is -2.24. The second-order valence-electron chi connectivity index (χ2n) is 4.29. The Balaban J connectivity index is 2.18. The van der Waals surface area contributed by atoms with Gasteiger partial charge in [-0.25, -0.2) is 0 Å². The first-order valence-corrected chi connectivity index (χ1v) is 5.53. The molecule has 0 bridgehead atoms.